The fraction of sp³-hybridized carbons (Fsp3) is 0.231. The fourth-order valence-electron chi connectivity index (χ4n) is 1.55. The molecule has 1 amide bonds. The van der Waals surface area contributed by atoms with Crippen molar-refractivity contribution in [3.8, 4) is 0 Å². The second kappa shape index (κ2) is 8.52. The van der Waals surface area contributed by atoms with Crippen LogP contribution < -0.4 is 5.32 Å². The molecule has 0 heterocycles. The number of amides is 1. The van der Waals surface area contributed by atoms with Crippen molar-refractivity contribution in [2.45, 2.75) is 20.0 Å². The SMILES string of the molecule is CC(=O)OC(C)C(=O)Nc1c(I)c(C=O)c(I)c(C=O)c1I. The molecular formula is C13H10I3NO5. The third-order valence-corrected chi connectivity index (χ3v) is 5.98. The average Bonchev–Trinajstić information content (AvgIpc) is 2.43. The Hall–Kier alpha value is -0.310. The largest absolute Gasteiger partial charge is 0.453 e. The van der Waals surface area contributed by atoms with Crippen molar-refractivity contribution in [2.75, 3.05) is 5.32 Å². The van der Waals surface area contributed by atoms with E-state index in [-0.39, 0.29) is 0 Å². The normalized spacial score (nSPS) is 11.5. The summed E-state index contributed by atoms with van der Waals surface area (Å²) >= 11 is 5.77. The number of rotatable bonds is 5. The number of carbonyl (C=O) groups excluding carboxylic acids is 4. The lowest BCUT2D eigenvalue weighted by atomic mass is 10.1. The second-order valence-corrected chi connectivity index (χ2v) is 7.36. The Bertz CT molecular complexity index is 625. The molecule has 0 saturated carbocycles. The molecule has 1 rings (SSSR count). The number of aldehydes is 2. The van der Waals surface area contributed by atoms with Crippen LogP contribution >= 0.6 is 67.8 Å². The van der Waals surface area contributed by atoms with Gasteiger partial charge in [-0.15, -0.1) is 0 Å². The Morgan fingerprint density at radius 1 is 1.05 bits per heavy atom. The lowest BCUT2D eigenvalue weighted by Crippen LogP contribution is -2.30. The van der Waals surface area contributed by atoms with Gasteiger partial charge in [0, 0.05) is 28.8 Å². The number of ether oxygens (including phenoxy) is 1. The number of benzene rings is 1. The third-order valence-electron chi connectivity index (χ3n) is 2.58. The summed E-state index contributed by atoms with van der Waals surface area (Å²) in [5.41, 5.74) is 1.02. The molecule has 1 aromatic carbocycles. The molecule has 0 aliphatic heterocycles. The Labute approximate surface area is 167 Å². The number of esters is 1. The van der Waals surface area contributed by atoms with Gasteiger partial charge in [-0.3, -0.25) is 19.2 Å². The van der Waals surface area contributed by atoms with Crippen LogP contribution in [0, 0.1) is 10.7 Å². The van der Waals surface area contributed by atoms with Crippen LogP contribution in [0.5, 0.6) is 0 Å². The van der Waals surface area contributed by atoms with E-state index in [4.69, 9.17) is 4.74 Å². The van der Waals surface area contributed by atoms with Crippen molar-refractivity contribution in [3.05, 3.63) is 21.8 Å². The van der Waals surface area contributed by atoms with Crippen LogP contribution in [0.1, 0.15) is 34.6 Å². The zero-order valence-corrected chi connectivity index (χ0v) is 17.9. The molecule has 0 saturated heterocycles. The van der Waals surface area contributed by atoms with Gasteiger partial charge in [0.15, 0.2) is 18.7 Å². The van der Waals surface area contributed by atoms with Crippen molar-refractivity contribution in [2.24, 2.45) is 0 Å². The maximum absolute atomic E-state index is 12.1. The van der Waals surface area contributed by atoms with Crippen LogP contribution in [0.4, 0.5) is 5.69 Å². The minimum absolute atomic E-state index is 0.333. The van der Waals surface area contributed by atoms with Gasteiger partial charge in [0.05, 0.1) is 5.69 Å². The molecule has 1 unspecified atom stereocenters. The van der Waals surface area contributed by atoms with Crippen molar-refractivity contribution in [1.29, 1.82) is 0 Å². The van der Waals surface area contributed by atoms with Gasteiger partial charge in [-0.1, -0.05) is 0 Å². The van der Waals surface area contributed by atoms with E-state index in [1.165, 1.54) is 13.8 Å². The van der Waals surface area contributed by atoms with Crippen LogP contribution in [-0.4, -0.2) is 30.6 Å². The number of anilines is 1. The molecule has 0 aliphatic carbocycles. The van der Waals surface area contributed by atoms with E-state index < -0.39 is 18.0 Å². The van der Waals surface area contributed by atoms with Crippen LogP contribution in [0.2, 0.25) is 0 Å². The monoisotopic (exact) mass is 641 g/mol. The molecule has 1 atom stereocenters. The van der Waals surface area contributed by atoms with Gasteiger partial charge in [-0.25, -0.2) is 0 Å². The summed E-state index contributed by atoms with van der Waals surface area (Å²) in [6.07, 6.45) is 0.290. The summed E-state index contributed by atoms with van der Waals surface area (Å²) in [6.45, 7) is 2.64. The topological polar surface area (TPSA) is 89.5 Å². The van der Waals surface area contributed by atoms with Crippen molar-refractivity contribution in [1.82, 2.24) is 0 Å². The van der Waals surface area contributed by atoms with Crippen molar-refractivity contribution < 1.29 is 23.9 Å². The van der Waals surface area contributed by atoms with E-state index >= 15 is 0 Å². The predicted molar refractivity (Wildman–Crippen MR) is 105 cm³/mol. The highest BCUT2D eigenvalue weighted by Crippen LogP contribution is 2.34. The average molecular weight is 641 g/mol. The lowest BCUT2D eigenvalue weighted by molar-refractivity contribution is -0.150. The van der Waals surface area contributed by atoms with E-state index in [9.17, 15) is 19.2 Å². The Balaban J connectivity index is 3.30. The van der Waals surface area contributed by atoms with E-state index in [2.05, 4.69) is 5.32 Å². The van der Waals surface area contributed by atoms with E-state index in [0.717, 1.165) is 0 Å². The standard InChI is InChI=1S/C13H10I3NO5/c1-5(22-6(2)20)13(21)17-12-10(15)7(3-18)9(14)8(4-19)11(12)16/h3-5H,1-2H3,(H,17,21). The van der Waals surface area contributed by atoms with Gasteiger partial charge in [0.2, 0.25) is 0 Å². The highest BCUT2D eigenvalue weighted by molar-refractivity contribution is 14.1. The molecule has 6 nitrogen and oxygen atoms in total. The molecule has 9 heteroatoms. The molecule has 0 spiro atoms. The molecule has 0 aromatic heterocycles. The number of hydrogen-bond donors (Lipinski definition) is 1. The highest BCUT2D eigenvalue weighted by atomic mass is 127. The maximum Gasteiger partial charge on any atom is 0.303 e. The quantitative estimate of drug-likeness (QED) is 0.304. The summed E-state index contributed by atoms with van der Waals surface area (Å²) < 4.78 is 6.38. The minimum atomic E-state index is -0.984. The lowest BCUT2D eigenvalue weighted by Gasteiger charge is -2.17. The Morgan fingerprint density at radius 3 is 1.86 bits per heavy atom. The van der Waals surface area contributed by atoms with E-state index in [1.807, 2.05) is 67.8 Å². The van der Waals surface area contributed by atoms with E-state index in [0.29, 0.717) is 40.1 Å². The van der Waals surface area contributed by atoms with Gasteiger partial charge in [-0.05, 0) is 74.7 Å². The van der Waals surface area contributed by atoms with Gasteiger partial charge in [0.25, 0.3) is 5.91 Å². The van der Waals surface area contributed by atoms with Gasteiger partial charge < -0.3 is 10.1 Å². The Morgan fingerprint density at radius 2 is 1.50 bits per heavy atom. The molecule has 118 valence electrons. The van der Waals surface area contributed by atoms with Crippen LogP contribution in [0.15, 0.2) is 0 Å². The van der Waals surface area contributed by atoms with Gasteiger partial charge in [-0.2, -0.15) is 0 Å². The smallest absolute Gasteiger partial charge is 0.303 e. The minimum Gasteiger partial charge on any atom is -0.453 e. The predicted octanol–water partition coefficient (Wildman–Crippen LogP) is 3.02. The summed E-state index contributed by atoms with van der Waals surface area (Å²) in [5, 5.41) is 2.61. The van der Waals surface area contributed by atoms with E-state index in [1.54, 1.807) is 0 Å². The third kappa shape index (κ3) is 4.37. The van der Waals surface area contributed by atoms with Gasteiger partial charge >= 0.3 is 5.97 Å². The maximum atomic E-state index is 12.1. The van der Waals surface area contributed by atoms with Crippen LogP contribution in [0.25, 0.3) is 0 Å². The zero-order valence-electron chi connectivity index (χ0n) is 11.4. The number of halogens is 3. The summed E-state index contributed by atoms with van der Waals surface area (Å²) in [6, 6.07) is 0. The first-order chi connectivity index (χ1) is 10.2. The number of hydrogen-bond acceptors (Lipinski definition) is 5. The molecule has 0 fully saturated rings. The molecular weight excluding hydrogens is 631 g/mol. The molecule has 22 heavy (non-hydrogen) atoms. The first-order valence-corrected chi connectivity index (χ1v) is 9.07. The second-order valence-electron chi connectivity index (χ2n) is 4.12. The van der Waals surface area contributed by atoms with Gasteiger partial charge in [0.1, 0.15) is 0 Å². The number of nitrogens with one attached hydrogen (secondary N) is 1. The molecule has 0 aliphatic rings. The van der Waals surface area contributed by atoms with Crippen LogP contribution in [0.3, 0.4) is 0 Å². The van der Waals surface area contributed by atoms with Crippen molar-refractivity contribution in [3.63, 3.8) is 0 Å². The summed E-state index contributed by atoms with van der Waals surface area (Å²) in [7, 11) is 0. The number of carbonyl (C=O) groups is 4. The molecule has 0 radical (unpaired) electrons. The molecule has 1 aromatic rings. The van der Waals surface area contributed by atoms with Crippen molar-refractivity contribution >= 4 is 97.9 Å². The highest BCUT2D eigenvalue weighted by Gasteiger charge is 2.23. The summed E-state index contributed by atoms with van der Waals surface area (Å²) in [4.78, 5) is 45.4. The molecule has 0 bridgehead atoms. The van der Waals surface area contributed by atoms with Crippen LogP contribution in [-0.2, 0) is 14.3 Å². The first kappa shape index (κ1) is 19.7. The summed E-state index contributed by atoms with van der Waals surface area (Å²) in [5.74, 6) is -1.11. The molecule has 1 N–H and O–H groups in total. The fourth-order valence-corrected chi connectivity index (χ4v) is 5.49. The Kier molecular flexibility index (Phi) is 7.64. The zero-order chi connectivity index (χ0) is 17.0. The first-order valence-electron chi connectivity index (χ1n) is 5.83.